The van der Waals surface area contributed by atoms with Crippen molar-refractivity contribution in [1.82, 2.24) is 14.5 Å². The Balaban J connectivity index is 2.23. The van der Waals surface area contributed by atoms with Gasteiger partial charge in [-0.3, -0.25) is 14.2 Å². The third kappa shape index (κ3) is 3.24. The van der Waals surface area contributed by atoms with Gasteiger partial charge < -0.3 is 9.64 Å². The average Bonchev–Trinajstić information content (AvgIpc) is 2.72. The predicted octanol–water partition coefficient (Wildman–Crippen LogP) is 2.34. The molecule has 1 fully saturated rings. The topological polar surface area (TPSA) is 64.4 Å². The molecule has 1 aliphatic rings. The number of rotatable bonds is 3. The number of imidazole rings is 1. The van der Waals surface area contributed by atoms with E-state index in [1.807, 2.05) is 0 Å². The largest absolute Gasteiger partial charge is 0.444 e. The molecule has 1 amide bonds. The maximum Gasteiger partial charge on any atom is 0.304 e. The second-order valence-electron chi connectivity index (χ2n) is 4.56. The number of esters is 1. The van der Waals surface area contributed by atoms with Crippen molar-refractivity contribution in [3.63, 3.8) is 0 Å². The fourth-order valence-corrected chi connectivity index (χ4v) is 2.43. The summed E-state index contributed by atoms with van der Waals surface area (Å²) in [6.07, 6.45) is 3.06. The first-order chi connectivity index (χ1) is 9.50. The van der Waals surface area contributed by atoms with Gasteiger partial charge in [0.15, 0.2) is 17.0 Å². The fraction of sp³-hybridized carbons (Fsp3) is 0.583. The van der Waals surface area contributed by atoms with Crippen LogP contribution in [0.3, 0.4) is 0 Å². The van der Waals surface area contributed by atoms with E-state index in [4.69, 9.17) is 27.9 Å². The van der Waals surface area contributed by atoms with Gasteiger partial charge in [-0.2, -0.15) is 0 Å². The maximum absolute atomic E-state index is 12.4. The molecule has 0 atom stereocenters. The van der Waals surface area contributed by atoms with E-state index in [1.54, 1.807) is 4.90 Å². The van der Waals surface area contributed by atoms with Crippen LogP contribution in [0.1, 0.15) is 36.8 Å². The molecule has 2 heterocycles. The van der Waals surface area contributed by atoms with Gasteiger partial charge in [0, 0.05) is 20.0 Å². The molecule has 0 saturated carbocycles. The van der Waals surface area contributed by atoms with Crippen molar-refractivity contribution in [1.29, 1.82) is 0 Å². The Bertz CT molecular complexity index is 524. The number of carbonyl (C=O) groups is 2. The molecule has 0 aliphatic carbocycles. The van der Waals surface area contributed by atoms with Gasteiger partial charge in [-0.25, -0.2) is 4.98 Å². The minimum Gasteiger partial charge on any atom is -0.444 e. The molecule has 1 aromatic rings. The Morgan fingerprint density at radius 1 is 1.25 bits per heavy atom. The first-order valence-electron chi connectivity index (χ1n) is 6.35. The summed E-state index contributed by atoms with van der Waals surface area (Å²) in [5, 5.41) is 0.118. The molecule has 0 bridgehead atoms. The van der Waals surface area contributed by atoms with Gasteiger partial charge in [0.05, 0.1) is 0 Å². The lowest BCUT2D eigenvalue weighted by atomic mass is 10.1. The van der Waals surface area contributed by atoms with E-state index >= 15 is 0 Å². The molecule has 0 radical (unpaired) electrons. The standard InChI is InChI=1S/C12H15Cl2N3O3/c1-8(18)20-7-17-10(14)9(13)15-11(17)12(19)16-5-3-2-4-6-16/h2-7H2,1H3. The minimum atomic E-state index is -0.470. The van der Waals surface area contributed by atoms with E-state index in [-0.39, 0.29) is 28.8 Å². The average molecular weight is 320 g/mol. The molecule has 1 saturated heterocycles. The third-order valence-corrected chi connectivity index (χ3v) is 3.84. The third-order valence-electron chi connectivity index (χ3n) is 3.10. The second-order valence-corrected chi connectivity index (χ2v) is 5.28. The van der Waals surface area contributed by atoms with Crippen LogP contribution in [0, 0.1) is 0 Å². The molecular formula is C12H15Cl2N3O3. The quantitative estimate of drug-likeness (QED) is 0.802. The highest BCUT2D eigenvalue weighted by Gasteiger charge is 2.26. The number of hydrogen-bond acceptors (Lipinski definition) is 4. The van der Waals surface area contributed by atoms with Crippen LogP contribution in [-0.2, 0) is 16.3 Å². The Hall–Kier alpha value is -1.27. The summed E-state index contributed by atoms with van der Waals surface area (Å²) >= 11 is 11.8. The molecule has 0 aromatic carbocycles. The van der Waals surface area contributed by atoms with Crippen LogP contribution in [0.25, 0.3) is 0 Å². The Labute approximate surface area is 126 Å². The van der Waals surface area contributed by atoms with Crippen molar-refractivity contribution in [3.05, 3.63) is 16.1 Å². The first kappa shape index (κ1) is 15.1. The number of piperidine rings is 1. The van der Waals surface area contributed by atoms with Crippen LogP contribution in [0.5, 0.6) is 0 Å². The number of ether oxygens (including phenoxy) is 1. The van der Waals surface area contributed by atoms with Gasteiger partial charge in [-0.1, -0.05) is 23.2 Å². The Morgan fingerprint density at radius 2 is 1.90 bits per heavy atom. The van der Waals surface area contributed by atoms with Gasteiger partial charge in [0.1, 0.15) is 0 Å². The molecular weight excluding hydrogens is 305 g/mol. The lowest BCUT2D eigenvalue weighted by Crippen LogP contribution is -2.37. The lowest BCUT2D eigenvalue weighted by molar-refractivity contribution is -0.144. The highest BCUT2D eigenvalue weighted by atomic mass is 35.5. The first-order valence-corrected chi connectivity index (χ1v) is 7.10. The number of hydrogen-bond donors (Lipinski definition) is 0. The van der Waals surface area contributed by atoms with Gasteiger partial charge >= 0.3 is 5.97 Å². The van der Waals surface area contributed by atoms with E-state index < -0.39 is 5.97 Å². The summed E-state index contributed by atoms with van der Waals surface area (Å²) in [7, 11) is 0. The molecule has 0 N–H and O–H groups in total. The number of likely N-dealkylation sites (tertiary alicyclic amines) is 1. The molecule has 20 heavy (non-hydrogen) atoms. The Kier molecular flexibility index (Phi) is 4.88. The summed E-state index contributed by atoms with van der Waals surface area (Å²) in [5.74, 6) is -0.615. The molecule has 8 heteroatoms. The smallest absolute Gasteiger partial charge is 0.304 e. The molecule has 1 aromatic heterocycles. The molecule has 1 aliphatic heterocycles. The van der Waals surface area contributed by atoms with E-state index in [0.29, 0.717) is 13.1 Å². The highest BCUT2D eigenvalue weighted by molar-refractivity contribution is 6.40. The summed E-state index contributed by atoms with van der Waals surface area (Å²) < 4.78 is 6.18. The van der Waals surface area contributed by atoms with E-state index in [9.17, 15) is 9.59 Å². The van der Waals surface area contributed by atoms with Crippen LogP contribution in [0.4, 0.5) is 0 Å². The number of halogens is 2. The van der Waals surface area contributed by atoms with E-state index in [2.05, 4.69) is 4.98 Å². The van der Waals surface area contributed by atoms with Crippen molar-refractivity contribution in [2.24, 2.45) is 0 Å². The van der Waals surface area contributed by atoms with Gasteiger partial charge in [-0.05, 0) is 19.3 Å². The van der Waals surface area contributed by atoms with Crippen LogP contribution < -0.4 is 0 Å². The normalized spacial score (nSPS) is 15.2. The summed E-state index contributed by atoms with van der Waals surface area (Å²) in [6.45, 7) is 2.48. The molecule has 110 valence electrons. The summed E-state index contributed by atoms with van der Waals surface area (Å²) in [5.41, 5.74) is 0. The monoisotopic (exact) mass is 319 g/mol. The zero-order chi connectivity index (χ0) is 14.7. The number of aromatic nitrogens is 2. The van der Waals surface area contributed by atoms with Crippen molar-refractivity contribution in [2.45, 2.75) is 32.9 Å². The minimum absolute atomic E-state index is 0.0270. The lowest BCUT2D eigenvalue weighted by Gasteiger charge is -2.26. The van der Waals surface area contributed by atoms with Gasteiger partial charge in [-0.15, -0.1) is 0 Å². The SMILES string of the molecule is CC(=O)OCn1c(C(=O)N2CCCCC2)nc(Cl)c1Cl. The summed E-state index contributed by atoms with van der Waals surface area (Å²) in [4.78, 5) is 29.0. The van der Waals surface area contributed by atoms with Crippen molar-refractivity contribution in [2.75, 3.05) is 13.1 Å². The van der Waals surface area contributed by atoms with Crippen molar-refractivity contribution in [3.8, 4) is 0 Å². The highest BCUT2D eigenvalue weighted by Crippen LogP contribution is 2.24. The van der Waals surface area contributed by atoms with Crippen LogP contribution in [0.2, 0.25) is 10.3 Å². The Morgan fingerprint density at radius 3 is 2.50 bits per heavy atom. The van der Waals surface area contributed by atoms with Crippen LogP contribution in [0.15, 0.2) is 0 Å². The van der Waals surface area contributed by atoms with Crippen molar-refractivity contribution >= 4 is 35.1 Å². The second kappa shape index (κ2) is 6.45. The molecule has 6 nitrogen and oxygen atoms in total. The zero-order valence-electron chi connectivity index (χ0n) is 11.1. The van der Waals surface area contributed by atoms with Gasteiger partial charge in [0.25, 0.3) is 5.91 Å². The van der Waals surface area contributed by atoms with E-state index in [1.165, 1.54) is 11.5 Å². The fourth-order valence-electron chi connectivity index (χ4n) is 2.08. The summed E-state index contributed by atoms with van der Waals surface area (Å²) in [6, 6.07) is 0. The van der Waals surface area contributed by atoms with Gasteiger partial charge in [0.2, 0.25) is 5.82 Å². The predicted molar refractivity (Wildman–Crippen MR) is 73.8 cm³/mol. The molecule has 0 unspecified atom stereocenters. The molecule has 2 rings (SSSR count). The molecule has 0 spiro atoms. The van der Waals surface area contributed by atoms with E-state index in [0.717, 1.165) is 19.3 Å². The maximum atomic E-state index is 12.4. The number of nitrogens with zero attached hydrogens (tertiary/aromatic N) is 3. The van der Waals surface area contributed by atoms with Crippen LogP contribution in [-0.4, -0.2) is 39.4 Å². The number of carbonyl (C=O) groups excluding carboxylic acids is 2. The van der Waals surface area contributed by atoms with Crippen molar-refractivity contribution < 1.29 is 14.3 Å². The number of amides is 1. The zero-order valence-corrected chi connectivity index (χ0v) is 12.6. The van der Waals surface area contributed by atoms with Crippen LogP contribution >= 0.6 is 23.2 Å².